The maximum Gasteiger partial charge on any atom is 0.344 e. The molecular formula is C21H19N3O4S. The number of nitrogens with one attached hydrogen (secondary N) is 1. The minimum Gasteiger partial charge on any atom is -0.481 e. The fourth-order valence-corrected chi connectivity index (χ4v) is 4.51. The van der Waals surface area contributed by atoms with Gasteiger partial charge in [-0.25, -0.2) is 4.79 Å². The number of amides is 1. The number of hydrogen-bond donors (Lipinski definition) is 1. The van der Waals surface area contributed by atoms with Gasteiger partial charge in [0, 0.05) is 4.88 Å². The van der Waals surface area contributed by atoms with E-state index < -0.39 is 25.1 Å². The third-order valence-electron chi connectivity index (χ3n) is 4.59. The minimum absolute atomic E-state index is 0.272. The average Bonchev–Trinajstić information content (AvgIpc) is 3.06. The fourth-order valence-electron chi connectivity index (χ4n) is 3.13. The van der Waals surface area contributed by atoms with Crippen LogP contribution in [-0.4, -0.2) is 25.1 Å². The van der Waals surface area contributed by atoms with Crippen LogP contribution in [0, 0.1) is 28.6 Å². The van der Waals surface area contributed by atoms with Gasteiger partial charge in [0.05, 0.1) is 11.1 Å². The first-order valence-corrected chi connectivity index (χ1v) is 9.95. The van der Waals surface area contributed by atoms with Crippen LogP contribution in [0.15, 0.2) is 24.3 Å². The Hall–Kier alpha value is -3.36. The summed E-state index contributed by atoms with van der Waals surface area (Å²) in [6, 6.07) is 10.7. The highest BCUT2D eigenvalue weighted by Crippen LogP contribution is 2.39. The van der Waals surface area contributed by atoms with Gasteiger partial charge < -0.3 is 14.8 Å². The lowest BCUT2D eigenvalue weighted by Gasteiger charge is -2.17. The van der Waals surface area contributed by atoms with Crippen molar-refractivity contribution in [2.45, 2.75) is 26.2 Å². The van der Waals surface area contributed by atoms with Gasteiger partial charge in [-0.1, -0.05) is 19.1 Å². The van der Waals surface area contributed by atoms with E-state index in [2.05, 4.69) is 18.3 Å². The molecule has 1 N–H and O–H groups in total. The van der Waals surface area contributed by atoms with Gasteiger partial charge in [0.1, 0.15) is 22.9 Å². The van der Waals surface area contributed by atoms with E-state index in [1.54, 1.807) is 24.3 Å². The molecule has 0 fully saturated rings. The molecule has 1 aromatic heterocycles. The lowest BCUT2D eigenvalue weighted by Crippen LogP contribution is -2.23. The maximum absolute atomic E-state index is 12.2. The van der Waals surface area contributed by atoms with E-state index in [1.165, 1.54) is 11.3 Å². The Morgan fingerprint density at radius 1 is 1.24 bits per heavy atom. The van der Waals surface area contributed by atoms with Crippen LogP contribution < -0.4 is 10.1 Å². The molecule has 0 aliphatic heterocycles. The molecule has 0 radical (unpaired) electrons. The van der Waals surface area contributed by atoms with Gasteiger partial charge in [0.25, 0.3) is 5.91 Å². The van der Waals surface area contributed by atoms with Gasteiger partial charge in [-0.2, -0.15) is 10.5 Å². The van der Waals surface area contributed by atoms with Crippen LogP contribution in [0.3, 0.4) is 0 Å². The highest BCUT2D eigenvalue weighted by Gasteiger charge is 2.24. The number of esters is 1. The lowest BCUT2D eigenvalue weighted by molar-refractivity contribution is -0.149. The number of fused-ring (bicyclic) bond motifs is 1. The van der Waals surface area contributed by atoms with Gasteiger partial charge >= 0.3 is 5.97 Å². The summed E-state index contributed by atoms with van der Waals surface area (Å²) < 4.78 is 10.2. The van der Waals surface area contributed by atoms with Gasteiger partial charge in [-0.05, 0) is 42.9 Å². The SMILES string of the molecule is CC1CCc2c(sc(NC(=O)COC(=O)COc3ccccc3C#N)c2C#N)C1. The molecule has 0 bridgehead atoms. The number of anilines is 1. The number of nitriles is 2. The summed E-state index contributed by atoms with van der Waals surface area (Å²) in [5, 5.41) is 21.6. The number of ether oxygens (including phenoxy) is 2. The molecular weight excluding hydrogens is 390 g/mol. The number of benzene rings is 1. The first-order valence-electron chi connectivity index (χ1n) is 9.13. The molecule has 1 unspecified atom stereocenters. The molecule has 3 rings (SSSR count). The van der Waals surface area contributed by atoms with E-state index in [9.17, 15) is 14.9 Å². The Kier molecular flexibility index (Phi) is 6.48. The van der Waals surface area contributed by atoms with Crippen molar-refractivity contribution in [3.05, 3.63) is 45.8 Å². The summed E-state index contributed by atoms with van der Waals surface area (Å²) >= 11 is 1.41. The zero-order valence-corrected chi connectivity index (χ0v) is 16.7. The molecule has 0 saturated carbocycles. The number of hydrogen-bond acceptors (Lipinski definition) is 7. The molecule has 1 aromatic carbocycles. The fraction of sp³-hybridized carbons (Fsp3) is 0.333. The quantitative estimate of drug-likeness (QED) is 0.733. The van der Waals surface area contributed by atoms with Crippen LogP contribution in [0.4, 0.5) is 5.00 Å². The molecule has 2 aromatic rings. The molecule has 1 aliphatic rings. The van der Waals surface area contributed by atoms with E-state index >= 15 is 0 Å². The lowest BCUT2D eigenvalue weighted by atomic mass is 9.89. The Morgan fingerprint density at radius 3 is 2.79 bits per heavy atom. The van der Waals surface area contributed by atoms with Gasteiger partial charge in [-0.3, -0.25) is 4.79 Å². The predicted octanol–water partition coefficient (Wildman–Crippen LogP) is 3.18. The number of carbonyl (C=O) groups excluding carboxylic acids is 2. The summed E-state index contributed by atoms with van der Waals surface area (Å²) in [5.74, 6) is -0.413. The topological polar surface area (TPSA) is 112 Å². The van der Waals surface area contributed by atoms with Gasteiger partial charge in [-0.15, -0.1) is 11.3 Å². The molecule has 1 atom stereocenters. The molecule has 148 valence electrons. The zero-order valence-electron chi connectivity index (χ0n) is 15.9. The van der Waals surface area contributed by atoms with Crippen molar-refractivity contribution in [2.75, 3.05) is 18.5 Å². The second-order valence-electron chi connectivity index (χ2n) is 6.77. The normalized spacial score (nSPS) is 14.8. The van der Waals surface area contributed by atoms with Crippen molar-refractivity contribution in [3.63, 3.8) is 0 Å². The zero-order chi connectivity index (χ0) is 20.8. The Morgan fingerprint density at radius 2 is 2.03 bits per heavy atom. The molecule has 29 heavy (non-hydrogen) atoms. The largest absolute Gasteiger partial charge is 0.481 e. The molecule has 8 heteroatoms. The molecule has 1 aliphatic carbocycles. The molecule has 1 amide bonds. The number of thiophene rings is 1. The summed E-state index contributed by atoms with van der Waals surface area (Å²) in [5.41, 5.74) is 1.83. The Balaban J connectivity index is 1.52. The second kappa shape index (κ2) is 9.22. The van der Waals surface area contributed by atoms with E-state index in [0.29, 0.717) is 22.0 Å². The third-order valence-corrected chi connectivity index (χ3v) is 5.76. The van der Waals surface area contributed by atoms with E-state index in [4.69, 9.17) is 14.7 Å². The van der Waals surface area contributed by atoms with Crippen LogP contribution in [0.2, 0.25) is 0 Å². The molecule has 7 nitrogen and oxygen atoms in total. The minimum atomic E-state index is -0.729. The number of carbonyl (C=O) groups is 2. The standard InChI is InChI=1S/C21H19N3O4S/c1-13-6-7-15-16(10-23)21(29-18(15)8-13)24-19(25)11-28-20(26)12-27-17-5-3-2-4-14(17)9-22/h2-5,13H,6-8,11-12H2,1H3,(H,24,25). The first kappa shape index (κ1) is 20.4. The third kappa shape index (κ3) is 4.92. The van der Waals surface area contributed by atoms with Crippen LogP contribution >= 0.6 is 11.3 Å². The van der Waals surface area contributed by atoms with Crippen molar-refractivity contribution in [1.29, 1.82) is 10.5 Å². The van der Waals surface area contributed by atoms with Crippen molar-refractivity contribution in [3.8, 4) is 17.9 Å². The van der Waals surface area contributed by atoms with Crippen LogP contribution in [0.5, 0.6) is 5.75 Å². The highest BCUT2D eigenvalue weighted by atomic mass is 32.1. The van der Waals surface area contributed by atoms with Crippen LogP contribution in [-0.2, 0) is 27.2 Å². The summed E-state index contributed by atoms with van der Waals surface area (Å²) in [6.07, 6.45) is 2.77. The van der Waals surface area contributed by atoms with Gasteiger partial charge in [0.15, 0.2) is 13.2 Å². The van der Waals surface area contributed by atoms with E-state index in [-0.39, 0.29) is 5.75 Å². The summed E-state index contributed by atoms with van der Waals surface area (Å²) in [7, 11) is 0. The molecule has 0 spiro atoms. The van der Waals surface area contributed by atoms with Crippen LogP contribution in [0.25, 0.3) is 0 Å². The average molecular weight is 409 g/mol. The monoisotopic (exact) mass is 409 g/mol. The number of nitrogens with zero attached hydrogens (tertiary/aromatic N) is 2. The smallest absolute Gasteiger partial charge is 0.344 e. The summed E-state index contributed by atoms with van der Waals surface area (Å²) in [4.78, 5) is 25.1. The van der Waals surface area contributed by atoms with Crippen molar-refractivity contribution < 1.29 is 19.1 Å². The van der Waals surface area contributed by atoms with Crippen LogP contribution in [0.1, 0.15) is 34.9 Å². The van der Waals surface area contributed by atoms with Crippen molar-refractivity contribution in [1.82, 2.24) is 0 Å². The summed E-state index contributed by atoms with van der Waals surface area (Å²) in [6.45, 7) is 1.27. The maximum atomic E-state index is 12.2. The molecule has 1 heterocycles. The molecule has 0 saturated heterocycles. The second-order valence-corrected chi connectivity index (χ2v) is 7.88. The van der Waals surface area contributed by atoms with Crippen molar-refractivity contribution in [2.24, 2.45) is 5.92 Å². The predicted molar refractivity (Wildman–Crippen MR) is 106 cm³/mol. The highest BCUT2D eigenvalue weighted by molar-refractivity contribution is 7.16. The van der Waals surface area contributed by atoms with Gasteiger partial charge in [0.2, 0.25) is 0 Å². The number of para-hydroxylation sites is 1. The Labute approximate surface area is 172 Å². The Bertz CT molecular complexity index is 1020. The number of rotatable bonds is 6. The first-order chi connectivity index (χ1) is 14.0. The van der Waals surface area contributed by atoms with E-state index in [1.807, 2.05) is 6.07 Å². The van der Waals surface area contributed by atoms with E-state index in [0.717, 1.165) is 29.7 Å². The van der Waals surface area contributed by atoms with Crippen molar-refractivity contribution >= 4 is 28.2 Å².